The molecule has 2 amide bonds. The summed E-state index contributed by atoms with van der Waals surface area (Å²) in [7, 11) is 0. The number of carbonyl (C=O) groups is 2. The molecule has 2 bridgehead atoms. The minimum Gasteiger partial charge on any atom is -0.323 e. The van der Waals surface area contributed by atoms with Crippen LogP contribution in [0, 0.1) is 23.2 Å². The number of H-pyrrole nitrogens is 1. The molecule has 10 nitrogen and oxygen atoms in total. The first-order valence-electron chi connectivity index (χ1n) is 11.2. The van der Waals surface area contributed by atoms with Gasteiger partial charge in [-0.05, 0) is 42.5 Å². The molecule has 6 rings (SSSR count). The minimum atomic E-state index is -0.289. The van der Waals surface area contributed by atoms with Crippen LogP contribution >= 0.6 is 0 Å². The third-order valence-electron chi connectivity index (χ3n) is 7.46. The van der Waals surface area contributed by atoms with E-state index in [0.29, 0.717) is 18.3 Å². The third-order valence-corrected chi connectivity index (χ3v) is 7.46. The molecule has 4 fully saturated rings. The maximum Gasteiger partial charge on any atom is 0.244 e. The van der Waals surface area contributed by atoms with Gasteiger partial charge in [0.2, 0.25) is 17.6 Å². The Morgan fingerprint density at radius 2 is 2.16 bits per heavy atom. The van der Waals surface area contributed by atoms with Crippen LogP contribution < -0.4 is 4.90 Å². The van der Waals surface area contributed by atoms with Gasteiger partial charge in [0, 0.05) is 30.6 Å². The summed E-state index contributed by atoms with van der Waals surface area (Å²) < 4.78 is 0. The van der Waals surface area contributed by atoms with E-state index < -0.39 is 0 Å². The summed E-state index contributed by atoms with van der Waals surface area (Å²) in [5, 5.41) is 23.7. The summed E-state index contributed by atoms with van der Waals surface area (Å²) >= 11 is 0. The molecule has 6 atom stereocenters. The van der Waals surface area contributed by atoms with Crippen molar-refractivity contribution in [1.29, 1.82) is 5.26 Å². The van der Waals surface area contributed by atoms with Crippen molar-refractivity contribution in [2.75, 3.05) is 18.0 Å². The van der Waals surface area contributed by atoms with Crippen LogP contribution in [0.2, 0.25) is 0 Å². The molecule has 3 aliphatic heterocycles. The second-order valence-corrected chi connectivity index (χ2v) is 9.41. The summed E-state index contributed by atoms with van der Waals surface area (Å²) in [5.74, 6) is 0.833. The van der Waals surface area contributed by atoms with Gasteiger partial charge in [-0.1, -0.05) is 19.1 Å². The Bertz CT molecular complexity index is 1110. The molecule has 2 aromatic rings. The lowest BCUT2D eigenvalue weighted by atomic mass is 10.1. The number of hydrogen-bond acceptors (Lipinski definition) is 7. The molecule has 1 N–H and O–H groups in total. The second-order valence-electron chi connectivity index (χ2n) is 9.41. The van der Waals surface area contributed by atoms with Gasteiger partial charge in [-0.2, -0.15) is 10.5 Å². The van der Waals surface area contributed by atoms with Crippen LogP contribution in [0.5, 0.6) is 0 Å². The number of nitriles is 1. The number of nitrogens with zero attached hydrogens (tertiary/aromatic N) is 7. The van der Waals surface area contributed by atoms with Gasteiger partial charge in [-0.15, -0.1) is 10.2 Å². The topological polar surface area (TPSA) is 122 Å². The van der Waals surface area contributed by atoms with Crippen LogP contribution in [-0.4, -0.2) is 79.5 Å². The van der Waals surface area contributed by atoms with Crippen LogP contribution in [-0.2, 0) is 9.59 Å². The molecule has 1 saturated carbocycles. The third kappa shape index (κ3) is 2.84. The van der Waals surface area contributed by atoms with Gasteiger partial charge in [0.05, 0.1) is 23.8 Å². The number of benzene rings is 1. The molecule has 4 aliphatic rings. The number of anilines is 1. The molecule has 0 radical (unpaired) electrons. The SMILES string of the molecule is C[C@@H](CN1C[C@H]2C[C@@H]1C(=O)N2c1ccccc1-c1nn[nH]n1)C(=O)N1C2C[C@H]2C[C@H]1C#N. The average molecular weight is 432 g/mol. The van der Waals surface area contributed by atoms with Crippen molar-refractivity contribution in [1.82, 2.24) is 30.4 Å². The zero-order valence-corrected chi connectivity index (χ0v) is 17.8. The first-order valence-corrected chi connectivity index (χ1v) is 11.2. The van der Waals surface area contributed by atoms with E-state index in [1.165, 1.54) is 0 Å². The summed E-state index contributed by atoms with van der Waals surface area (Å²) in [4.78, 5) is 32.3. The number of nitrogens with one attached hydrogen (secondary N) is 1. The number of likely N-dealkylation sites (tertiary alicyclic amines) is 2. The Balaban J connectivity index is 1.17. The number of carbonyl (C=O) groups excluding carboxylic acids is 2. The summed E-state index contributed by atoms with van der Waals surface area (Å²) in [6.07, 6.45) is 2.58. The largest absolute Gasteiger partial charge is 0.323 e. The number of para-hydroxylation sites is 1. The van der Waals surface area contributed by atoms with Gasteiger partial charge in [0.25, 0.3) is 0 Å². The Kier molecular flexibility index (Phi) is 4.30. The van der Waals surface area contributed by atoms with Crippen LogP contribution in [0.25, 0.3) is 11.4 Å². The normalized spacial score (nSPS) is 31.6. The molecule has 0 spiro atoms. The minimum absolute atomic E-state index is 0.0503. The molecule has 1 aromatic heterocycles. The maximum absolute atomic E-state index is 13.3. The lowest BCUT2D eigenvalue weighted by Gasteiger charge is -2.36. The molecule has 10 heteroatoms. The highest BCUT2D eigenvalue weighted by Crippen LogP contribution is 2.48. The number of rotatable bonds is 5. The quantitative estimate of drug-likeness (QED) is 0.742. The van der Waals surface area contributed by atoms with Gasteiger partial charge < -0.3 is 9.80 Å². The molecule has 1 unspecified atom stereocenters. The fourth-order valence-corrected chi connectivity index (χ4v) is 5.90. The van der Waals surface area contributed by atoms with Crippen LogP contribution in [0.3, 0.4) is 0 Å². The average Bonchev–Trinajstić information content (AvgIpc) is 3.25. The molecule has 1 aromatic carbocycles. The monoisotopic (exact) mass is 432 g/mol. The molecule has 1 aliphatic carbocycles. The number of piperidine rings is 1. The molecular formula is C22H24N8O2. The lowest BCUT2D eigenvalue weighted by molar-refractivity contribution is -0.137. The highest BCUT2D eigenvalue weighted by atomic mass is 16.2. The standard InChI is InChI=1S/C22H24N8O2/c1-12(21(31)29-14(9-23)6-13-7-18(13)29)10-28-11-15-8-19(28)22(32)30(15)17-5-3-2-4-16(17)20-24-26-27-25-20/h2-5,12-15,18-19H,6-8,10-11H2,1H3,(H,24,25,26,27)/t12-,13+,14-,15+,18?,19+/m0/s1. The highest BCUT2D eigenvalue weighted by molar-refractivity contribution is 6.03. The number of tetrazole rings is 1. The van der Waals surface area contributed by atoms with E-state index in [1.807, 2.05) is 41.0 Å². The van der Waals surface area contributed by atoms with Crippen molar-refractivity contribution in [2.24, 2.45) is 11.8 Å². The Labute approximate surface area is 185 Å². The fourth-order valence-electron chi connectivity index (χ4n) is 5.90. The van der Waals surface area contributed by atoms with Gasteiger partial charge in [0.15, 0.2) is 0 Å². The van der Waals surface area contributed by atoms with E-state index in [0.717, 1.165) is 37.1 Å². The van der Waals surface area contributed by atoms with Gasteiger partial charge in [0.1, 0.15) is 6.04 Å². The zero-order valence-electron chi connectivity index (χ0n) is 17.8. The van der Waals surface area contributed by atoms with Crippen LogP contribution in [0.15, 0.2) is 24.3 Å². The van der Waals surface area contributed by atoms with Crippen molar-refractivity contribution in [3.05, 3.63) is 24.3 Å². The predicted molar refractivity (Wildman–Crippen MR) is 113 cm³/mol. The van der Waals surface area contributed by atoms with E-state index in [-0.39, 0.29) is 41.9 Å². The molecule has 32 heavy (non-hydrogen) atoms. The van der Waals surface area contributed by atoms with Crippen molar-refractivity contribution in [3.63, 3.8) is 0 Å². The number of aromatic amines is 1. The van der Waals surface area contributed by atoms with Crippen LogP contribution in [0.1, 0.15) is 26.2 Å². The van der Waals surface area contributed by atoms with Crippen molar-refractivity contribution in [2.45, 2.75) is 50.4 Å². The van der Waals surface area contributed by atoms with Gasteiger partial charge in [-0.3, -0.25) is 14.5 Å². The number of amides is 2. The molecule has 3 saturated heterocycles. The molecule has 164 valence electrons. The summed E-state index contributed by atoms with van der Waals surface area (Å²) in [6, 6.07) is 9.69. The van der Waals surface area contributed by atoms with E-state index in [1.54, 1.807) is 0 Å². The molecule has 4 heterocycles. The number of aromatic nitrogens is 4. The predicted octanol–water partition coefficient (Wildman–Crippen LogP) is 0.805. The van der Waals surface area contributed by atoms with Crippen molar-refractivity contribution < 1.29 is 9.59 Å². The van der Waals surface area contributed by atoms with Gasteiger partial charge in [-0.25, -0.2) is 0 Å². The molecular weight excluding hydrogens is 408 g/mol. The maximum atomic E-state index is 13.3. The fraction of sp³-hybridized carbons (Fsp3) is 0.545. The zero-order chi connectivity index (χ0) is 22.0. The lowest BCUT2D eigenvalue weighted by Crippen LogP contribution is -2.53. The van der Waals surface area contributed by atoms with Crippen molar-refractivity contribution in [3.8, 4) is 17.5 Å². The van der Waals surface area contributed by atoms with Crippen molar-refractivity contribution >= 4 is 17.5 Å². The Morgan fingerprint density at radius 3 is 2.91 bits per heavy atom. The number of piperazine rings is 1. The smallest absolute Gasteiger partial charge is 0.244 e. The van der Waals surface area contributed by atoms with Gasteiger partial charge >= 0.3 is 0 Å². The summed E-state index contributed by atoms with van der Waals surface area (Å²) in [6.45, 7) is 3.19. The Morgan fingerprint density at radius 1 is 1.31 bits per heavy atom. The first kappa shape index (κ1) is 19.4. The van der Waals surface area contributed by atoms with E-state index >= 15 is 0 Å². The van der Waals surface area contributed by atoms with E-state index in [9.17, 15) is 14.9 Å². The van der Waals surface area contributed by atoms with E-state index in [2.05, 4.69) is 31.6 Å². The highest BCUT2D eigenvalue weighted by Gasteiger charge is 2.55. The summed E-state index contributed by atoms with van der Waals surface area (Å²) in [5.41, 5.74) is 1.57. The number of fused-ring (bicyclic) bond motifs is 3. The second kappa shape index (κ2) is 7.10. The Hall–Kier alpha value is -3.32. The van der Waals surface area contributed by atoms with E-state index in [4.69, 9.17) is 0 Å². The van der Waals surface area contributed by atoms with Crippen LogP contribution in [0.4, 0.5) is 5.69 Å². The first-order chi connectivity index (χ1) is 15.6. The number of hydrogen-bond donors (Lipinski definition) is 1.